The number of halogens is 1. The Bertz CT molecular complexity index is 583. The number of hydrogen-bond acceptors (Lipinski definition) is 2. The first-order chi connectivity index (χ1) is 10.7. The maximum Gasteiger partial charge on any atom is 0.119 e. The van der Waals surface area contributed by atoms with Crippen LogP contribution >= 0.6 is 15.9 Å². The molecule has 0 saturated carbocycles. The van der Waals surface area contributed by atoms with Crippen molar-refractivity contribution in [2.45, 2.75) is 44.4 Å². The molecule has 0 spiro atoms. The van der Waals surface area contributed by atoms with Crippen LogP contribution in [0.3, 0.4) is 0 Å². The topological polar surface area (TPSA) is 18.5 Å². The van der Waals surface area contributed by atoms with Crippen LogP contribution in [-0.4, -0.2) is 18.0 Å². The van der Waals surface area contributed by atoms with Crippen molar-refractivity contribution in [2.75, 3.05) is 13.2 Å². The van der Waals surface area contributed by atoms with E-state index in [-0.39, 0.29) is 0 Å². The molecule has 0 radical (unpaired) electrons. The smallest absolute Gasteiger partial charge is 0.119 e. The third-order valence-electron chi connectivity index (χ3n) is 3.72. The van der Waals surface area contributed by atoms with Crippen LogP contribution in [0.1, 0.15) is 39.5 Å². The number of rotatable bonds is 9. The Morgan fingerprint density at radius 3 is 2.14 bits per heavy atom. The third kappa shape index (κ3) is 5.20. The van der Waals surface area contributed by atoms with Crippen LogP contribution in [0.25, 0.3) is 10.8 Å². The SMILES string of the molecule is CCOc1ccc2cc(OCCCCC(Br)CC)ccc2c1. The molecule has 0 fully saturated rings. The first-order valence-corrected chi connectivity index (χ1v) is 9.08. The van der Waals surface area contributed by atoms with E-state index in [2.05, 4.69) is 47.1 Å². The second-order valence-corrected chi connectivity index (χ2v) is 6.75. The van der Waals surface area contributed by atoms with Gasteiger partial charge in [0.05, 0.1) is 13.2 Å². The summed E-state index contributed by atoms with van der Waals surface area (Å²) in [5.74, 6) is 1.87. The largest absolute Gasteiger partial charge is 0.494 e. The molecular weight excluding hydrogens is 340 g/mol. The molecule has 1 atom stereocenters. The first-order valence-electron chi connectivity index (χ1n) is 8.16. The van der Waals surface area contributed by atoms with E-state index in [1.54, 1.807) is 0 Å². The highest BCUT2D eigenvalue weighted by Gasteiger charge is 2.02. The number of unbranched alkanes of at least 4 members (excludes halogenated alkanes) is 1. The van der Waals surface area contributed by atoms with E-state index >= 15 is 0 Å². The molecule has 3 heteroatoms. The Labute approximate surface area is 141 Å². The maximum atomic E-state index is 5.86. The lowest BCUT2D eigenvalue weighted by atomic mass is 10.1. The van der Waals surface area contributed by atoms with E-state index in [4.69, 9.17) is 9.47 Å². The summed E-state index contributed by atoms with van der Waals surface area (Å²) in [6.45, 7) is 5.69. The summed E-state index contributed by atoms with van der Waals surface area (Å²) < 4.78 is 11.4. The van der Waals surface area contributed by atoms with E-state index in [0.717, 1.165) is 24.5 Å². The molecule has 2 rings (SSSR count). The van der Waals surface area contributed by atoms with E-state index in [9.17, 15) is 0 Å². The molecule has 0 saturated heterocycles. The van der Waals surface area contributed by atoms with Gasteiger partial charge in [-0.15, -0.1) is 0 Å². The minimum absolute atomic E-state index is 0.646. The van der Waals surface area contributed by atoms with Crippen molar-refractivity contribution < 1.29 is 9.47 Å². The Morgan fingerprint density at radius 2 is 1.55 bits per heavy atom. The second-order valence-electron chi connectivity index (χ2n) is 5.45. The van der Waals surface area contributed by atoms with Crippen LogP contribution in [-0.2, 0) is 0 Å². The second kappa shape index (κ2) is 9.04. The van der Waals surface area contributed by atoms with Gasteiger partial charge >= 0.3 is 0 Å². The maximum absolute atomic E-state index is 5.86. The lowest BCUT2D eigenvalue weighted by Gasteiger charge is -2.09. The van der Waals surface area contributed by atoms with E-state index in [1.807, 2.05) is 19.1 Å². The lowest BCUT2D eigenvalue weighted by molar-refractivity contribution is 0.305. The van der Waals surface area contributed by atoms with Gasteiger partial charge in [0.15, 0.2) is 0 Å². The molecule has 0 aromatic heterocycles. The predicted octanol–water partition coefficient (Wildman–Crippen LogP) is 5.96. The van der Waals surface area contributed by atoms with Crippen LogP contribution in [0.5, 0.6) is 11.5 Å². The van der Waals surface area contributed by atoms with Crippen molar-refractivity contribution in [3.63, 3.8) is 0 Å². The van der Waals surface area contributed by atoms with Gasteiger partial charge in [-0.25, -0.2) is 0 Å². The van der Waals surface area contributed by atoms with Gasteiger partial charge in [0.25, 0.3) is 0 Å². The summed E-state index contributed by atoms with van der Waals surface area (Å²) in [5.41, 5.74) is 0. The highest BCUT2D eigenvalue weighted by atomic mass is 79.9. The summed E-state index contributed by atoms with van der Waals surface area (Å²) in [4.78, 5) is 0.646. The summed E-state index contributed by atoms with van der Waals surface area (Å²) in [6, 6.07) is 12.4. The molecule has 0 bridgehead atoms. The van der Waals surface area contributed by atoms with E-state index in [0.29, 0.717) is 11.4 Å². The minimum Gasteiger partial charge on any atom is -0.494 e. The molecule has 0 N–H and O–H groups in total. The van der Waals surface area contributed by atoms with Gasteiger partial charge in [-0.3, -0.25) is 0 Å². The average molecular weight is 365 g/mol. The van der Waals surface area contributed by atoms with Crippen molar-refractivity contribution in [3.8, 4) is 11.5 Å². The molecule has 0 heterocycles. The molecule has 0 aliphatic heterocycles. The number of alkyl halides is 1. The molecule has 0 amide bonds. The van der Waals surface area contributed by atoms with Crippen LogP contribution in [0.15, 0.2) is 36.4 Å². The Kier molecular flexibility index (Phi) is 7.04. The van der Waals surface area contributed by atoms with E-state index < -0.39 is 0 Å². The minimum atomic E-state index is 0.646. The molecular formula is C19H25BrO2. The number of fused-ring (bicyclic) bond motifs is 1. The van der Waals surface area contributed by atoms with Crippen molar-refractivity contribution >= 4 is 26.7 Å². The molecule has 2 aromatic carbocycles. The van der Waals surface area contributed by atoms with Crippen LogP contribution < -0.4 is 9.47 Å². The molecule has 0 aliphatic rings. The van der Waals surface area contributed by atoms with Crippen LogP contribution in [0.4, 0.5) is 0 Å². The average Bonchev–Trinajstić information content (AvgIpc) is 2.54. The first kappa shape index (κ1) is 17.1. The van der Waals surface area contributed by atoms with Crippen molar-refractivity contribution in [1.29, 1.82) is 0 Å². The lowest BCUT2D eigenvalue weighted by Crippen LogP contribution is -2.00. The van der Waals surface area contributed by atoms with Gasteiger partial charge in [-0.1, -0.05) is 35.0 Å². The molecule has 120 valence electrons. The third-order valence-corrected chi connectivity index (χ3v) is 4.82. The van der Waals surface area contributed by atoms with Gasteiger partial charge < -0.3 is 9.47 Å². The van der Waals surface area contributed by atoms with Crippen molar-refractivity contribution in [2.24, 2.45) is 0 Å². The van der Waals surface area contributed by atoms with Gasteiger partial charge in [0.1, 0.15) is 11.5 Å². The molecule has 1 unspecified atom stereocenters. The Hall–Kier alpha value is -1.22. The monoisotopic (exact) mass is 364 g/mol. The van der Waals surface area contributed by atoms with Crippen molar-refractivity contribution in [3.05, 3.63) is 36.4 Å². The molecule has 0 aliphatic carbocycles. The predicted molar refractivity (Wildman–Crippen MR) is 97.5 cm³/mol. The van der Waals surface area contributed by atoms with Gasteiger partial charge in [-0.2, -0.15) is 0 Å². The van der Waals surface area contributed by atoms with Crippen LogP contribution in [0.2, 0.25) is 0 Å². The van der Waals surface area contributed by atoms with Gasteiger partial charge in [-0.05, 0) is 67.6 Å². The molecule has 2 aromatic rings. The Morgan fingerprint density at radius 1 is 0.909 bits per heavy atom. The van der Waals surface area contributed by atoms with E-state index in [1.165, 1.54) is 30.0 Å². The number of ether oxygens (including phenoxy) is 2. The normalized spacial score (nSPS) is 12.3. The molecule has 22 heavy (non-hydrogen) atoms. The zero-order chi connectivity index (χ0) is 15.8. The standard InChI is InChI=1S/C19H25BrO2/c1-3-17(20)7-5-6-12-22-19-11-9-15-13-18(21-4-2)10-8-16(15)14-19/h8-11,13-14,17H,3-7,12H2,1-2H3. The quantitative estimate of drug-likeness (QED) is 0.403. The Balaban J connectivity index is 1.86. The summed E-state index contributed by atoms with van der Waals surface area (Å²) in [6.07, 6.45) is 4.71. The highest BCUT2D eigenvalue weighted by Crippen LogP contribution is 2.25. The fourth-order valence-electron chi connectivity index (χ4n) is 2.41. The van der Waals surface area contributed by atoms with Crippen molar-refractivity contribution in [1.82, 2.24) is 0 Å². The molecule has 2 nitrogen and oxygen atoms in total. The van der Waals surface area contributed by atoms with Gasteiger partial charge in [0, 0.05) is 4.83 Å². The summed E-state index contributed by atoms with van der Waals surface area (Å²) in [5, 5.41) is 2.37. The fraction of sp³-hybridized carbons (Fsp3) is 0.474. The number of benzene rings is 2. The zero-order valence-corrected chi connectivity index (χ0v) is 15.1. The van der Waals surface area contributed by atoms with Gasteiger partial charge in [0.2, 0.25) is 0 Å². The number of hydrogen-bond donors (Lipinski definition) is 0. The fourth-order valence-corrected chi connectivity index (χ4v) is 2.73. The highest BCUT2D eigenvalue weighted by molar-refractivity contribution is 9.09. The van der Waals surface area contributed by atoms with Crippen LogP contribution in [0, 0.1) is 0 Å². The zero-order valence-electron chi connectivity index (χ0n) is 13.5. The summed E-state index contributed by atoms with van der Waals surface area (Å²) in [7, 11) is 0. The summed E-state index contributed by atoms with van der Waals surface area (Å²) >= 11 is 3.67.